The minimum absolute atomic E-state index is 0.601. The van der Waals surface area contributed by atoms with Gasteiger partial charge in [-0.2, -0.15) is 12.6 Å². The molecule has 0 aromatic rings. The van der Waals surface area contributed by atoms with Gasteiger partial charge in [0.2, 0.25) is 0 Å². The summed E-state index contributed by atoms with van der Waals surface area (Å²) in [4.78, 5) is 0. The van der Waals surface area contributed by atoms with E-state index < -0.39 is 11.0 Å². The van der Waals surface area contributed by atoms with Crippen LogP contribution in [-0.2, 0) is 0 Å². The summed E-state index contributed by atoms with van der Waals surface area (Å²) < 4.78 is -0.601. The topological polar surface area (TPSA) is 40.5 Å². The zero-order chi connectivity index (χ0) is 8.91. The maximum Gasteiger partial charge on any atom is 0.166 e. The first-order chi connectivity index (χ1) is 5.06. The molecule has 11 heavy (non-hydrogen) atoms. The van der Waals surface area contributed by atoms with E-state index in [0.29, 0.717) is 6.42 Å². The molecule has 0 spiro atoms. The van der Waals surface area contributed by atoms with Crippen LogP contribution in [0.3, 0.4) is 0 Å². The number of hydrogen-bond donors (Lipinski definition) is 3. The molecule has 68 valence electrons. The van der Waals surface area contributed by atoms with E-state index in [1.54, 1.807) is 0 Å². The third kappa shape index (κ3) is 3.45. The highest BCUT2D eigenvalue weighted by molar-refractivity contribution is 7.81. The fraction of sp³-hybridized carbons (Fsp3) is 1.00. The van der Waals surface area contributed by atoms with Crippen LogP contribution < -0.4 is 0 Å². The Balaban J connectivity index is 3.88. The smallest absolute Gasteiger partial charge is 0.166 e. The predicted molar refractivity (Wildman–Crippen MR) is 49.8 cm³/mol. The molecule has 0 heterocycles. The van der Waals surface area contributed by atoms with E-state index in [-0.39, 0.29) is 0 Å². The number of hydrogen-bond acceptors (Lipinski definition) is 3. The number of rotatable bonds is 5. The molecule has 2 nitrogen and oxygen atoms in total. The van der Waals surface area contributed by atoms with Gasteiger partial charge in [-0.15, -0.1) is 0 Å². The molecule has 2 N–H and O–H groups in total. The minimum Gasteiger partial charge on any atom is -0.367 e. The lowest BCUT2D eigenvalue weighted by Gasteiger charge is -2.28. The fourth-order valence-electron chi connectivity index (χ4n) is 0.971. The van der Waals surface area contributed by atoms with Gasteiger partial charge in [-0.3, -0.25) is 0 Å². The maximum atomic E-state index is 8.98. The van der Waals surface area contributed by atoms with Gasteiger partial charge in [0.15, 0.2) is 6.29 Å². The molecule has 0 saturated heterocycles. The first-order valence-electron chi connectivity index (χ1n) is 4.15. The number of aliphatic hydroxyl groups excluding tert-OH is 1. The normalized spacial score (nSPS) is 16.9. The highest BCUT2D eigenvalue weighted by atomic mass is 32.1. The van der Waals surface area contributed by atoms with Crippen LogP contribution >= 0.6 is 12.6 Å². The second-order valence-corrected chi connectivity index (χ2v) is 3.83. The monoisotopic (exact) mass is 178 g/mol. The van der Waals surface area contributed by atoms with Crippen molar-refractivity contribution >= 4 is 12.6 Å². The van der Waals surface area contributed by atoms with Crippen molar-refractivity contribution in [3.8, 4) is 0 Å². The first kappa shape index (κ1) is 11.3. The lowest BCUT2D eigenvalue weighted by atomic mass is 9.97. The zero-order valence-electron chi connectivity index (χ0n) is 7.25. The van der Waals surface area contributed by atoms with Crippen molar-refractivity contribution in [2.75, 3.05) is 0 Å². The van der Waals surface area contributed by atoms with E-state index >= 15 is 0 Å². The first-order valence-corrected chi connectivity index (χ1v) is 4.60. The van der Waals surface area contributed by atoms with Gasteiger partial charge < -0.3 is 10.2 Å². The Morgan fingerprint density at radius 3 is 2.18 bits per heavy atom. The Labute approximate surface area is 74.0 Å². The summed E-state index contributed by atoms with van der Waals surface area (Å²) in [5.41, 5.74) is 0. The molecule has 3 heteroatoms. The molecule has 0 radical (unpaired) electrons. The van der Waals surface area contributed by atoms with Crippen molar-refractivity contribution < 1.29 is 10.2 Å². The molecule has 1 unspecified atom stereocenters. The number of unbranched alkanes of at least 4 members (excludes halogenated alkanes) is 1. The van der Waals surface area contributed by atoms with E-state index in [1.165, 1.54) is 0 Å². The summed E-state index contributed by atoms with van der Waals surface area (Å²) in [6.45, 7) is 4.00. The average Bonchev–Trinajstić information content (AvgIpc) is 2.00. The molecule has 1 atom stereocenters. The van der Waals surface area contributed by atoms with Gasteiger partial charge >= 0.3 is 0 Å². The van der Waals surface area contributed by atoms with Crippen molar-refractivity contribution in [3.63, 3.8) is 0 Å². The van der Waals surface area contributed by atoms with Crippen LogP contribution in [0.2, 0.25) is 0 Å². The average molecular weight is 178 g/mol. The van der Waals surface area contributed by atoms with Gasteiger partial charge in [0, 0.05) is 0 Å². The fourth-order valence-corrected chi connectivity index (χ4v) is 1.13. The Bertz CT molecular complexity index is 106. The second kappa shape index (κ2) is 5.01. The number of thiol groups is 1. The van der Waals surface area contributed by atoms with E-state index in [2.05, 4.69) is 19.6 Å². The minimum atomic E-state index is -1.30. The van der Waals surface area contributed by atoms with Crippen LogP contribution in [0.25, 0.3) is 0 Å². The van der Waals surface area contributed by atoms with E-state index in [4.69, 9.17) is 10.2 Å². The Morgan fingerprint density at radius 1 is 1.36 bits per heavy atom. The van der Waals surface area contributed by atoms with Crippen LogP contribution in [0.4, 0.5) is 0 Å². The van der Waals surface area contributed by atoms with Crippen LogP contribution in [0.5, 0.6) is 0 Å². The quantitative estimate of drug-likeness (QED) is 0.442. The van der Waals surface area contributed by atoms with E-state index in [1.807, 2.05) is 6.92 Å². The Kier molecular flexibility index (Phi) is 5.13. The SMILES string of the molecule is CCCCC(S)(CC)C(O)O. The molecular formula is C8H18O2S. The molecule has 0 aromatic heterocycles. The molecule has 0 bridgehead atoms. The van der Waals surface area contributed by atoms with Crippen molar-refractivity contribution in [2.45, 2.75) is 50.6 Å². The second-order valence-electron chi connectivity index (χ2n) is 2.93. The lowest BCUT2D eigenvalue weighted by Crippen LogP contribution is -2.36. The molecule has 0 aliphatic carbocycles. The van der Waals surface area contributed by atoms with E-state index in [9.17, 15) is 0 Å². The summed E-state index contributed by atoms with van der Waals surface area (Å²) in [6, 6.07) is 0. The maximum absolute atomic E-state index is 8.98. The summed E-state index contributed by atoms with van der Waals surface area (Å²) in [5, 5.41) is 18.0. The third-order valence-electron chi connectivity index (χ3n) is 2.06. The van der Waals surface area contributed by atoms with Crippen molar-refractivity contribution in [1.82, 2.24) is 0 Å². The Hall–Kier alpha value is 0.270. The van der Waals surface area contributed by atoms with Gasteiger partial charge in [-0.25, -0.2) is 0 Å². The van der Waals surface area contributed by atoms with Gasteiger partial charge in [0.1, 0.15) is 0 Å². The molecule has 0 aromatic carbocycles. The van der Waals surface area contributed by atoms with E-state index in [0.717, 1.165) is 19.3 Å². The molecule has 0 fully saturated rings. The molecule has 0 aliphatic rings. The molecular weight excluding hydrogens is 160 g/mol. The van der Waals surface area contributed by atoms with Crippen molar-refractivity contribution in [2.24, 2.45) is 0 Å². The zero-order valence-corrected chi connectivity index (χ0v) is 8.14. The predicted octanol–water partition coefficient (Wildman–Crippen LogP) is 1.57. The van der Waals surface area contributed by atoms with Crippen LogP contribution in [0, 0.1) is 0 Å². The largest absolute Gasteiger partial charge is 0.367 e. The van der Waals surface area contributed by atoms with Gasteiger partial charge in [0.25, 0.3) is 0 Å². The van der Waals surface area contributed by atoms with Crippen LogP contribution in [0.1, 0.15) is 39.5 Å². The molecule has 0 rings (SSSR count). The van der Waals surface area contributed by atoms with Crippen molar-refractivity contribution in [3.05, 3.63) is 0 Å². The van der Waals surface area contributed by atoms with Gasteiger partial charge in [-0.05, 0) is 12.8 Å². The van der Waals surface area contributed by atoms with Crippen molar-refractivity contribution in [1.29, 1.82) is 0 Å². The molecule has 0 saturated carbocycles. The van der Waals surface area contributed by atoms with Gasteiger partial charge in [-0.1, -0.05) is 26.7 Å². The summed E-state index contributed by atoms with van der Waals surface area (Å²) >= 11 is 4.25. The summed E-state index contributed by atoms with van der Waals surface area (Å²) in [6.07, 6.45) is 2.21. The lowest BCUT2D eigenvalue weighted by molar-refractivity contribution is -0.0720. The molecule has 0 aliphatic heterocycles. The Morgan fingerprint density at radius 2 is 1.91 bits per heavy atom. The standard InChI is InChI=1S/C8H18O2S/c1-3-5-6-8(11,4-2)7(9)10/h7,9-11H,3-6H2,1-2H3. The van der Waals surface area contributed by atoms with Crippen LogP contribution in [0.15, 0.2) is 0 Å². The van der Waals surface area contributed by atoms with Crippen LogP contribution in [-0.4, -0.2) is 21.3 Å². The number of aliphatic hydroxyl groups is 2. The highest BCUT2D eigenvalue weighted by Crippen LogP contribution is 2.28. The highest BCUT2D eigenvalue weighted by Gasteiger charge is 2.29. The molecule has 0 amide bonds. The third-order valence-corrected chi connectivity index (χ3v) is 2.83. The van der Waals surface area contributed by atoms with Gasteiger partial charge in [0.05, 0.1) is 4.75 Å². The summed E-state index contributed by atoms with van der Waals surface area (Å²) in [5.74, 6) is 0. The summed E-state index contributed by atoms with van der Waals surface area (Å²) in [7, 11) is 0.